The molecule has 0 saturated carbocycles. The van der Waals surface area contributed by atoms with E-state index >= 15 is 0 Å². The van der Waals surface area contributed by atoms with E-state index in [4.69, 9.17) is 22.1 Å². The summed E-state index contributed by atoms with van der Waals surface area (Å²) >= 11 is 5.85. The number of ether oxygens (including phenoxy) is 1. The Bertz CT molecular complexity index is 421. The van der Waals surface area contributed by atoms with Gasteiger partial charge in [-0.25, -0.2) is 4.39 Å². The van der Waals surface area contributed by atoms with E-state index in [0.717, 1.165) is 12.8 Å². The average Bonchev–Trinajstić information content (AvgIpc) is 2.41. The van der Waals surface area contributed by atoms with Crippen LogP contribution in [0, 0.1) is 11.2 Å². The van der Waals surface area contributed by atoms with E-state index in [1.54, 1.807) is 0 Å². The van der Waals surface area contributed by atoms with Gasteiger partial charge >= 0.3 is 0 Å². The van der Waals surface area contributed by atoms with Gasteiger partial charge in [0.1, 0.15) is 5.82 Å². The molecule has 1 fully saturated rings. The smallest absolute Gasteiger partial charge is 0.129 e. The first-order valence-electron chi connectivity index (χ1n) is 6.00. The van der Waals surface area contributed by atoms with Gasteiger partial charge in [-0.2, -0.15) is 0 Å². The lowest BCUT2D eigenvalue weighted by molar-refractivity contribution is -0.0792. The van der Waals surface area contributed by atoms with Crippen LogP contribution >= 0.6 is 11.6 Å². The highest BCUT2D eigenvalue weighted by Gasteiger charge is 2.40. The van der Waals surface area contributed by atoms with Gasteiger partial charge in [0.25, 0.3) is 0 Å². The van der Waals surface area contributed by atoms with Crippen molar-refractivity contribution < 1.29 is 14.2 Å². The standard InChI is InChI=1S/C13H17ClFNO2/c14-9-2-3-11(15)10(6-9)12(17)13(7-16)4-1-5-18-8-13/h2-3,6,12,17H,1,4-5,7-8,16H2. The Morgan fingerprint density at radius 1 is 1.56 bits per heavy atom. The zero-order chi connectivity index (χ0) is 13.2. The lowest BCUT2D eigenvalue weighted by Gasteiger charge is -2.40. The van der Waals surface area contributed by atoms with Crippen molar-refractivity contribution in [2.24, 2.45) is 11.1 Å². The van der Waals surface area contributed by atoms with Crippen LogP contribution in [0.3, 0.4) is 0 Å². The van der Waals surface area contributed by atoms with Crippen LogP contribution in [0.15, 0.2) is 18.2 Å². The first-order valence-corrected chi connectivity index (χ1v) is 6.38. The van der Waals surface area contributed by atoms with Crippen LogP contribution in [-0.2, 0) is 4.74 Å². The van der Waals surface area contributed by atoms with Gasteiger partial charge in [-0.05, 0) is 31.0 Å². The fourth-order valence-corrected chi connectivity index (χ4v) is 2.60. The van der Waals surface area contributed by atoms with E-state index in [0.29, 0.717) is 18.2 Å². The highest BCUT2D eigenvalue weighted by atomic mass is 35.5. The van der Waals surface area contributed by atoms with Gasteiger partial charge in [-0.15, -0.1) is 0 Å². The van der Waals surface area contributed by atoms with Crippen LogP contribution in [0.4, 0.5) is 4.39 Å². The Hall–Kier alpha value is -0.680. The van der Waals surface area contributed by atoms with Gasteiger partial charge in [0.2, 0.25) is 0 Å². The molecule has 0 aliphatic carbocycles. The molecule has 3 N–H and O–H groups in total. The molecule has 0 bridgehead atoms. The molecule has 1 aliphatic heterocycles. The number of aliphatic hydroxyl groups is 1. The fraction of sp³-hybridized carbons (Fsp3) is 0.538. The fourth-order valence-electron chi connectivity index (χ4n) is 2.42. The molecule has 18 heavy (non-hydrogen) atoms. The first kappa shape index (κ1) is 13.7. The van der Waals surface area contributed by atoms with Crippen molar-refractivity contribution in [3.63, 3.8) is 0 Å². The maximum Gasteiger partial charge on any atom is 0.129 e. The molecular weight excluding hydrogens is 257 g/mol. The van der Waals surface area contributed by atoms with Crippen LogP contribution in [0.2, 0.25) is 5.02 Å². The van der Waals surface area contributed by atoms with Crippen LogP contribution in [0.25, 0.3) is 0 Å². The molecule has 2 unspecified atom stereocenters. The van der Waals surface area contributed by atoms with Crippen molar-refractivity contribution in [3.8, 4) is 0 Å². The third-order valence-electron chi connectivity index (χ3n) is 3.59. The van der Waals surface area contributed by atoms with E-state index < -0.39 is 17.3 Å². The van der Waals surface area contributed by atoms with Gasteiger partial charge < -0.3 is 15.6 Å². The number of halogens is 2. The van der Waals surface area contributed by atoms with Crippen molar-refractivity contribution in [1.82, 2.24) is 0 Å². The van der Waals surface area contributed by atoms with Crippen molar-refractivity contribution in [1.29, 1.82) is 0 Å². The van der Waals surface area contributed by atoms with Gasteiger partial charge in [0, 0.05) is 29.2 Å². The lowest BCUT2D eigenvalue weighted by Crippen LogP contribution is -2.44. The van der Waals surface area contributed by atoms with Crippen molar-refractivity contribution >= 4 is 11.6 Å². The Morgan fingerprint density at radius 3 is 2.94 bits per heavy atom. The van der Waals surface area contributed by atoms with Gasteiger partial charge in [-0.1, -0.05) is 11.6 Å². The predicted octanol–water partition coefficient (Wildman–Crippen LogP) is 2.27. The predicted molar refractivity (Wildman–Crippen MR) is 67.9 cm³/mol. The van der Waals surface area contributed by atoms with Crippen LogP contribution in [-0.4, -0.2) is 24.9 Å². The summed E-state index contributed by atoms with van der Waals surface area (Å²) in [5, 5.41) is 10.8. The second-order valence-electron chi connectivity index (χ2n) is 4.79. The Balaban J connectivity index is 2.33. The minimum atomic E-state index is -0.999. The molecule has 1 aromatic carbocycles. The highest BCUT2D eigenvalue weighted by molar-refractivity contribution is 6.30. The minimum absolute atomic E-state index is 0.193. The Morgan fingerprint density at radius 2 is 2.33 bits per heavy atom. The number of aliphatic hydroxyl groups excluding tert-OH is 1. The lowest BCUT2D eigenvalue weighted by atomic mass is 9.75. The quantitative estimate of drug-likeness (QED) is 0.888. The van der Waals surface area contributed by atoms with Gasteiger partial charge in [0.15, 0.2) is 0 Å². The summed E-state index contributed by atoms with van der Waals surface area (Å²) in [6.45, 7) is 1.25. The SMILES string of the molecule is NCC1(C(O)c2cc(Cl)ccc2F)CCCOC1. The topological polar surface area (TPSA) is 55.5 Å². The number of hydrogen-bond donors (Lipinski definition) is 2. The molecule has 0 spiro atoms. The number of benzene rings is 1. The molecule has 100 valence electrons. The summed E-state index contributed by atoms with van der Waals surface area (Å²) in [5.74, 6) is -0.467. The van der Waals surface area contributed by atoms with Crippen molar-refractivity contribution in [2.45, 2.75) is 18.9 Å². The van der Waals surface area contributed by atoms with Crippen LogP contribution in [0.1, 0.15) is 24.5 Å². The zero-order valence-corrected chi connectivity index (χ0v) is 10.8. The van der Waals surface area contributed by atoms with E-state index in [1.807, 2.05) is 0 Å². The first-order chi connectivity index (χ1) is 8.59. The van der Waals surface area contributed by atoms with E-state index in [9.17, 15) is 9.50 Å². The van der Waals surface area contributed by atoms with Crippen molar-refractivity contribution in [3.05, 3.63) is 34.6 Å². The maximum atomic E-state index is 13.8. The average molecular weight is 274 g/mol. The van der Waals surface area contributed by atoms with Crippen molar-refractivity contribution in [2.75, 3.05) is 19.8 Å². The highest BCUT2D eigenvalue weighted by Crippen LogP contribution is 2.41. The number of hydrogen-bond acceptors (Lipinski definition) is 3. The number of rotatable bonds is 3. The summed E-state index contributed by atoms with van der Waals surface area (Å²) in [4.78, 5) is 0. The zero-order valence-electron chi connectivity index (χ0n) is 10.0. The summed E-state index contributed by atoms with van der Waals surface area (Å²) in [7, 11) is 0. The molecule has 0 amide bonds. The van der Waals surface area contributed by atoms with E-state index in [1.165, 1.54) is 18.2 Å². The molecule has 1 aromatic rings. The van der Waals surface area contributed by atoms with E-state index in [2.05, 4.69) is 0 Å². The maximum absolute atomic E-state index is 13.8. The number of nitrogens with two attached hydrogens (primary N) is 1. The molecule has 0 aromatic heterocycles. The molecule has 5 heteroatoms. The molecule has 0 radical (unpaired) electrons. The molecule has 2 atom stereocenters. The minimum Gasteiger partial charge on any atom is -0.388 e. The second-order valence-corrected chi connectivity index (χ2v) is 5.23. The van der Waals surface area contributed by atoms with Crippen LogP contribution < -0.4 is 5.73 Å². The molecule has 1 saturated heterocycles. The Kier molecular flexibility index (Phi) is 4.22. The molecule has 2 rings (SSSR count). The summed E-state index contributed by atoms with van der Waals surface area (Å²) in [5.41, 5.74) is 5.34. The van der Waals surface area contributed by atoms with Crippen LogP contribution in [0.5, 0.6) is 0 Å². The molecule has 1 heterocycles. The summed E-state index contributed by atoms with van der Waals surface area (Å²) in [6, 6.07) is 4.17. The summed E-state index contributed by atoms with van der Waals surface area (Å²) in [6.07, 6.45) is 0.536. The molecular formula is C13H17ClFNO2. The monoisotopic (exact) mass is 273 g/mol. The van der Waals surface area contributed by atoms with Gasteiger partial charge in [0.05, 0.1) is 12.7 Å². The van der Waals surface area contributed by atoms with E-state index in [-0.39, 0.29) is 12.1 Å². The third kappa shape index (κ3) is 2.52. The largest absolute Gasteiger partial charge is 0.388 e. The second kappa shape index (κ2) is 5.53. The normalized spacial score (nSPS) is 26.0. The molecule has 3 nitrogen and oxygen atoms in total. The van der Waals surface area contributed by atoms with Gasteiger partial charge in [-0.3, -0.25) is 0 Å². The third-order valence-corrected chi connectivity index (χ3v) is 3.83. The Labute approximate surface area is 111 Å². The summed E-state index contributed by atoms with van der Waals surface area (Å²) < 4.78 is 19.2. The molecule has 1 aliphatic rings.